The molecule has 2 amide bonds. The van der Waals surface area contributed by atoms with Gasteiger partial charge in [0, 0.05) is 39.2 Å². The van der Waals surface area contributed by atoms with Gasteiger partial charge in [-0.15, -0.1) is 0 Å². The van der Waals surface area contributed by atoms with Gasteiger partial charge >= 0.3 is 0 Å². The summed E-state index contributed by atoms with van der Waals surface area (Å²) in [7, 11) is 4.67. The fraction of sp³-hybridized carbons (Fsp3) is 0.500. The van der Waals surface area contributed by atoms with Crippen LogP contribution in [0.15, 0.2) is 40.8 Å². The Morgan fingerprint density at radius 3 is 2.67 bits per heavy atom. The number of methoxy groups -OCH3 is 2. The molecule has 2 aliphatic rings. The standard InChI is InChI=1S/C26H33ClFN3O5/c1-26(2,15-32)10-6-11-29-23(33)21-17-9-12-31(14-16-7-8-19(28)18(27)13-16)24(34)20(17)22(35-4)25(36-5)30(21)3/h7-8,13,15,25H,6,9-12,14H2,1-5H3,(H,29,33). The average molecular weight is 522 g/mol. The van der Waals surface area contributed by atoms with Crippen LogP contribution in [0.25, 0.3) is 0 Å². The highest BCUT2D eigenvalue weighted by Gasteiger charge is 2.43. The molecule has 36 heavy (non-hydrogen) atoms. The van der Waals surface area contributed by atoms with Crippen LogP contribution >= 0.6 is 11.6 Å². The Hall–Kier alpha value is -2.91. The van der Waals surface area contributed by atoms with Crippen LogP contribution in [-0.4, -0.2) is 68.5 Å². The van der Waals surface area contributed by atoms with Crippen LogP contribution in [0.5, 0.6) is 0 Å². The van der Waals surface area contributed by atoms with Gasteiger partial charge in [0.15, 0.2) is 12.0 Å². The highest BCUT2D eigenvalue weighted by molar-refractivity contribution is 6.30. The molecule has 2 aliphatic heterocycles. The third-order valence-corrected chi connectivity index (χ3v) is 6.80. The van der Waals surface area contributed by atoms with Crippen molar-refractivity contribution >= 4 is 29.7 Å². The molecule has 0 saturated carbocycles. The summed E-state index contributed by atoms with van der Waals surface area (Å²) in [6, 6.07) is 4.35. The summed E-state index contributed by atoms with van der Waals surface area (Å²) in [4.78, 5) is 41.4. The van der Waals surface area contributed by atoms with E-state index in [-0.39, 0.29) is 23.4 Å². The minimum Gasteiger partial charge on any atom is -0.495 e. The first-order valence-electron chi connectivity index (χ1n) is 11.8. The first kappa shape index (κ1) is 27.7. The lowest BCUT2D eigenvalue weighted by Crippen LogP contribution is -2.49. The molecule has 1 aromatic carbocycles. The van der Waals surface area contributed by atoms with Gasteiger partial charge in [-0.05, 0) is 42.5 Å². The Morgan fingerprint density at radius 2 is 2.06 bits per heavy atom. The highest BCUT2D eigenvalue weighted by atomic mass is 35.5. The molecule has 2 heterocycles. The van der Waals surface area contributed by atoms with Crippen LogP contribution in [0.3, 0.4) is 0 Å². The quantitative estimate of drug-likeness (QED) is 0.375. The number of nitrogens with one attached hydrogen (secondary N) is 1. The number of halogens is 2. The monoisotopic (exact) mass is 521 g/mol. The summed E-state index contributed by atoms with van der Waals surface area (Å²) in [5.41, 5.74) is 1.48. The number of fused-ring (bicyclic) bond motifs is 1. The van der Waals surface area contributed by atoms with E-state index in [9.17, 15) is 18.8 Å². The van der Waals surface area contributed by atoms with E-state index in [0.29, 0.717) is 60.5 Å². The van der Waals surface area contributed by atoms with Gasteiger partial charge in [0.2, 0.25) is 0 Å². The lowest BCUT2D eigenvalue weighted by molar-refractivity contribution is -0.129. The lowest BCUT2D eigenvalue weighted by Gasteiger charge is -2.41. The second-order valence-corrected chi connectivity index (χ2v) is 10.1. The van der Waals surface area contributed by atoms with E-state index in [1.54, 1.807) is 22.9 Å². The fourth-order valence-corrected chi connectivity index (χ4v) is 4.75. The number of hydrogen-bond donors (Lipinski definition) is 1. The molecular formula is C26H33ClFN3O5. The predicted molar refractivity (Wildman–Crippen MR) is 133 cm³/mol. The summed E-state index contributed by atoms with van der Waals surface area (Å²) in [6.45, 7) is 4.69. The van der Waals surface area contributed by atoms with Crippen molar-refractivity contribution in [3.05, 3.63) is 57.2 Å². The van der Waals surface area contributed by atoms with Crippen molar-refractivity contribution in [1.29, 1.82) is 0 Å². The van der Waals surface area contributed by atoms with Crippen molar-refractivity contribution in [2.24, 2.45) is 5.41 Å². The number of aldehydes is 1. The molecule has 196 valence electrons. The van der Waals surface area contributed by atoms with Gasteiger partial charge in [-0.3, -0.25) is 9.59 Å². The molecule has 8 nitrogen and oxygen atoms in total. The first-order valence-corrected chi connectivity index (χ1v) is 12.2. The Balaban J connectivity index is 1.88. The van der Waals surface area contributed by atoms with Crippen molar-refractivity contribution < 1.29 is 28.2 Å². The van der Waals surface area contributed by atoms with Crippen molar-refractivity contribution in [2.45, 2.75) is 45.9 Å². The van der Waals surface area contributed by atoms with Gasteiger partial charge in [-0.1, -0.05) is 31.5 Å². The number of nitrogens with zero attached hydrogens (tertiary/aromatic N) is 2. The van der Waals surface area contributed by atoms with E-state index < -0.39 is 17.5 Å². The molecule has 0 aliphatic carbocycles. The largest absolute Gasteiger partial charge is 0.495 e. The average Bonchev–Trinajstić information content (AvgIpc) is 2.84. The maximum Gasteiger partial charge on any atom is 0.267 e. The minimum absolute atomic E-state index is 0.0106. The fourth-order valence-electron chi connectivity index (χ4n) is 4.54. The van der Waals surface area contributed by atoms with Crippen molar-refractivity contribution in [2.75, 3.05) is 34.4 Å². The second-order valence-electron chi connectivity index (χ2n) is 9.66. The lowest BCUT2D eigenvalue weighted by atomic mass is 9.89. The van der Waals surface area contributed by atoms with Gasteiger partial charge in [0.1, 0.15) is 17.8 Å². The van der Waals surface area contributed by atoms with Gasteiger partial charge in [0.25, 0.3) is 11.8 Å². The zero-order valence-electron chi connectivity index (χ0n) is 21.3. The number of hydrogen-bond acceptors (Lipinski definition) is 6. The minimum atomic E-state index is -0.771. The van der Waals surface area contributed by atoms with Crippen molar-refractivity contribution in [1.82, 2.24) is 15.1 Å². The van der Waals surface area contributed by atoms with Crippen LogP contribution in [0.2, 0.25) is 5.02 Å². The predicted octanol–water partition coefficient (Wildman–Crippen LogP) is 3.41. The number of benzene rings is 1. The van der Waals surface area contributed by atoms with E-state index in [4.69, 9.17) is 21.1 Å². The number of ether oxygens (including phenoxy) is 2. The molecule has 1 atom stereocenters. The SMILES string of the molecule is COC1=C2C(=O)N(Cc3ccc(F)c(Cl)c3)CCC2=C(C(=O)NCCCC(C)(C)C=O)N(C)C1OC. The van der Waals surface area contributed by atoms with Crippen LogP contribution in [0.1, 0.15) is 38.7 Å². The van der Waals surface area contributed by atoms with E-state index in [1.165, 1.54) is 26.4 Å². The third kappa shape index (κ3) is 5.73. The number of carbonyl (C=O) groups excluding carboxylic acids is 3. The van der Waals surface area contributed by atoms with Gasteiger partial charge in [-0.25, -0.2) is 4.39 Å². The van der Waals surface area contributed by atoms with Crippen molar-refractivity contribution in [3.63, 3.8) is 0 Å². The Morgan fingerprint density at radius 1 is 1.33 bits per heavy atom. The second kappa shape index (κ2) is 11.4. The molecule has 0 radical (unpaired) electrons. The Bertz CT molecular complexity index is 1100. The third-order valence-electron chi connectivity index (χ3n) is 6.51. The highest BCUT2D eigenvalue weighted by Crippen LogP contribution is 2.38. The number of likely N-dealkylation sites (tertiary alicyclic amines) is 1. The Labute approximate surface area is 216 Å². The number of rotatable bonds is 10. The molecule has 1 unspecified atom stereocenters. The molecule has 0 spiro atoms. The molecular weight excluding hydrogens is 489 g/mol. The number of carbonyl (C=O) groups is 3. The molecule has 1 N–H and O–H groups in total. The summed E-state index contributed by atoms with van der Waals surface area (Å²) in [5, 5.41) is 2.91. The number of likely N-dealkylation sites (N-methyl/N-ethyl adjacent to an activating group) is 1. The Kier molecular flexibility index (Phi) is 8.79. The van der Waals surface area contributed by atoms with Crippen LogP contribution in [-0.2, 0) is 30.4 Å². The number of piperidine rings is 1. The van der Waals surface area contributed by atoms with Crippen LogP contribution in [0.4, 0.5) is 4.39 Å². The molecule has 10 heteroatoms. The maximum absolute atomic E-state index is 13.6. The van der Waals surface area contributed by atoms with E-state index in [0.717, 1.165) is 6.29 Å². The molecule has 1 saturated heterocycles. The summed E-state index contributed by atoms with van der Waals surface area (Å²) in [6.07, 6.45) is 1.84. The zero-order valence-corrected chi connectivity index (χ0v) is 22.1. The maximum atomic E-state index is 13.6. The molecule has 1 aromatic rings. The van der Waals surface area contributed by atoms with Crippen LogP contribution in [0, 0.1) is 11.2 Å². The molecule has 1 fully saturated rings. The summed E-state index contributed by atoms with van der Waals surface area (Å²) in [5.74, 6) is -0.825. The van der Waals surface area contributed by atoms with E-state index in [2.05, 4.69) is 5.32 Å². The van der Waals surface area contributed by atoms with Gasteiger partial charge in [0.05, 0.1) is 17.7 Å². The smallest absolute Gasteiger partial charge is 0.267 e. The van der Waals surface area contributed by atoms with Gasteiger partial charge < -0.3 is 29.4 Å². The first-order chi connectivity index (χ1) is 17.0. The summed E-state index contributed by atoms with van der Waals surface area (Å²) >= 11 is 5.92. The zero-order chi connectivity index (χ0) is 26.6. The van der Waals surface area contributed by atoms with E-state index >= 15 is 0 Å². The van der Waals surface area contributed by atoms with E-state index in [1.807, 2.05) is 13.8 Å². The molecule has 3 rings (SSSR count). The summed E-state index contributed by atoms with van der Waals surface area (Å²) < 4.78 is 24.8. The molecule has 0 bridgehead atoms. The van der Waals surface area contributed by atoms with Crippen molar-refractivity contribution in [3.8, 4) is 0 Å². The topological polar surface area (TPSA) is 88.2 Å². The molecule has 0 aromatic heterocycles. The van der Waals surface area contributed by atoms with Crippen LogP contribution < -0.4 is 5.32 Å². The normalized spacial score (nSPS) is 18.4. The van der Waals surface area contributed by atoms with Gasteiger partial charge in [-0.2, -0.15) is 0 Å². The number of amides is 2.